The lowest BCUT2D eigenvalue weighted by Gasteiger charge is -2.34. The van der Waals surface area contributed by atoms with Crippen LogP contribution >= 0.6 is 0 Å². The molecule has 0 bridgehead atoms. The summed E-state index contributed by atoms with van der Waals surface area (Å²) in [6, 6.07) is 10.4. The highest BCUT2D eigenvalue weighted by atomic mass is 19.2. The lowest BCUT2D eigenvalue weighted by atomic mass is 9.78. The molecule has 2 heterocycles. The molecule has 0 aliphatic carbocycles. The van der Waals surface area contributed by atoms with E-state index < -0.39 is 11.6 Å². The Hall–Kier alpha value is -2.76. The van der Waals surface area contributed by atoms with Crippen LogP contribution in [0.2, 0.25) is 0 Å². The fraction of sp³-hybridized carbons (Fsp3) is 0.263. The van der Waals surface area contributed by atoms with Gasteiger partial charge in [0.1, 0.15) is 5.71 Å². The SMILES string of the molecule is CC1c2ccccc2C(c2nnc3c(F)c(F)ccc3n2)=NC1(C)C. The third kappa shape index (κ3) is 2.40. The van der Waals surface area contributed by atoms with Gasteiger partial charge in [-0.3, -0.25) is 4.99 Å². The minimum atomic E-state index is -1.04. The Balaban J connectivity index is 1.94. The molecular formula is C19H16F2N4. The summed E-state index contributed by atoms with van der Waals surface area (Å²) in [5, 5.41) is 7.87. The summed E-state index contributed by atoms with van der Waals surface area (Å²) in [6.45, 7) is 6.24. The van der Waals surface area contributed by atoms with Crippen LogP contribution in [0, 0.1) is 11.6 Å². The van der Waals surface area contributed by atoms with Gasteiger partial charge >= 0.3 is 0 Å². The molecule has 2 aromatic carbocycles. The first kappa shape index (κ1) is 15.7. The minimum absolute atomic E-state index is 0.180. The van der Waals surface area contributed by atoms with E-state index in [1.165, 1.54) is 6.07 Å². The monoisotopic (exact) mass is 338 g/mol. The van der Waals surface area contributed by atoms with E-state index in [0.717, 1.165) is 17.2 Å². The predicted molar refractivity (Wildman–Crippen MR) is 91.8 cm³/mol. The van der Waals surface area contributed by atoms with E-state index in [0.29, 0.717) is 11.5 Å². The van der Waals surface area contributed by atoms with Gasteiger partial charge in [-0.05, 0) is 31.5 Å². The van der Waals surface area contributed by atoms with Crippen LogP contribution in [0.1, 0.15) is 43.6 Å². The van der Waals surface area contributed by atoms with Crippen LogP contribution in [0.3, 0.4) is 0 Å². The molecule has 0 spiro atoms. The number of halogens is 2. The molecule has 0 saturated carbocycles. The first-order valence-electron chi connectivity index (χ1n) is 8.06. The molecule has 25 heavy (non-hydrogen) atoms. The fourth-order valence-electron chi connectivity index (χ4n) is 3.14. The van der Waals surface area contributed by atoms with Gasteiger partial charge in [0.2, 0.25) is 5.82 Å². The van der Waals surface area contributed by atoms with E-state index in [1.54, 1.807) is 0 Å². The maximum Gasteiger partial charge on any atom is 0.201 e. The van der Waals surface area contributed by atoms with Crippen molar-refractivity contribution in [1.29, 1.82) is 0 Å². The summed E-state index contributed by atoms with van der Waals surface area (Å²) >= 11 is 0. The molecule has 0 fully saturated rings. The second kappa shape index (κ2) is 5.37. The van der Waals surface area contributed by atoms with Gasteiger partial charge in [-0.1, -0.05) is 31.2 Å². The van der Waals surface area contributed by atoms with Crippen molar-refractivity contribution >= 4 is 16.7 Å². The quantitative estimate of drug-likeness (QED) is 0.673. The molecule has 4 nitrogen and oxygen atoms in total. The molecule has 126 valence electrons. The highest BCUT2D eigenvalue weighted by molar-refractivity contribution is 6.12. The van der Waals surface area contributed by atoms with Crippen molar-refractivity contribution in [2.24, 2.45) is 4.99 Å². The van der Waals surface area contributed by atoms with Crippen LogP contribution in [0.5, 0.6) is 0 Å². The molecule has 1 unspecified atom stereocenters. The van der Waals surface area contributed by atoms with E-state index in [4.69, 9.17) is 4.99 Å². The van der Waals surface area contributed by atoms with Crippen molar-refractivity contribution < 1.29 is 8.78 Å². The van der Waals surface area contributed by atoms with Gasteiger partial charge in [0.15, 0.2) is 17.2 Å². The predicted octanol–water partition coefficient (Wildman–Crippen LogP) is 4.04. The van der Waals surface area contributed by atoms with Crippen molar-refractivity contribution in [2.45, 2.75) is 32.2 Å². The van der Waals surface area contributed by atoms with Crippen LogP contribution in [0.25, 0.3) is 11.0 Å². The number of aromatic nitrogens is 3. The molecule has 1 atom stereocenters. The first-order valence-corrected chi connectivity index (χ1v) is 8.06. The van der Waals surface area contributed by atoms with Crippen molar-refractivity contribution in [2.75, 3.05) is 0 Å². The Bertz CT molecular complexity index is 1030. The van der Waals surface area contributed by atoms with Crippen LogP contribution in [0.4, 0.5) is 8.78 Å². The maximum absolute atomic E-state index is 13.8. The Kier molecular flexibility index (Phi) is 3.39. The molecule has 0 radical (unpaired) electrons. The van der Waals surface area contributed by atoms with Crippen molar-refractivity contribution in [3.63, 3.8) is 0 Å². The van der Waals surface area contributed by atoms with E-state index >= 15 is 0 Å². The van der Waals surface area contributed by atoms with Gasteiger partial charge in [-0.15, -0.1) is 10.2 Å². The number of aliphatic imine (C=N–C) groups is 1. The highest BCUT2D eigenvalue weighted by Gasteiger charge is 2.35. The number of fused-ring (bicyclic) bond motifs is 2. The lowest BCUT2D eigenvalue weighted by Crippen LogP contribution is -2.33. The molecule has 1 aliphatic rings. The third-order valence-corrected chi connectivity index (χ3v) is 4.87. The van der Waals surface area contributed by atoms with E-state index in [9.17, 15) is 8.78 Å². The zero-order valence-corrected chi connectivity index (χ0v) is 14.1. The number of benzene rings is 2. The minimum Gasteiger partial charge on any atom is -0.274 e. The van der Waals surface area contributed by atoms with Crippen LogP contribution in [-0.4, -0.2) is 26.4 Å². The second-order valence-electron chi connectivity index (χ2n) is 6.79. The van der Waals surface area contributed by atoms with E-state index in [-0.39, 0.29) is 22.5 Å². The summed E-state index contributed by atoms with van der Waals surface area (Å²) in [7, 11) is 0. The molecule has 3 aromatic rings. The Morgan fingerprint density at radius 2 is 1.76 bits per heavy atom. The first-order chi connectivity index (χ1) is 11.9. The van der Waals surface area contributed by atoms with Gasteiger partial charge in [-0.25, -0.2) is 13.8 Å². The summed E-state index contributed by atoms with van der Waals surface area (Å²) in [6.07, 6.45) is 0. The molecule has 0 saturated heterocycles. The third-order valence-electron chi connectivity index (χ3n) is 4.87. The normalized spacial score (nSPS) is 18.8. The van der Waals surface area contributed by atoms with Crippen LogP contribution in [-0.2, 0) is 0 Å². The van der Waals surface area contributed by atoms with Crippen molar-refractivity contribution in [3.05, 3.63) is 65.0 Å². The molecule has 0 N–H and O–H groups in total. The van der Waals surface area contributed by atoms with Gasteiger partial charge in [0.05, 0.1) is 11.1 Å². The molecular weight excluding hydrogens is 322 g/mol. The molecule has 1 aliphatic heterocycles. The molecule has 1 aromatic heterocycles. The maximum atomic E-state index is 13.8. The smallest absolute Gasteiger partial charge is 0.201 e. The second-order valence-corrected chi connectivity index (χ2v) is 6.79. The Morgan fingerprint density at radius 1 is 1.00 bits per heavy atom. The molecule has 6 heteroatoms. The molecule has 4 rings (SSSR count). The summed E-state index contributed by atoms with van der Waals surface area (Å²) in [4.78, 5) is 9.22. The van der Waals surface area contributed by atoms with Gasteiger partial charge in [0, 0.05) is 11.5 Å². The highest BCUT2D eigenvalue weighted by Crippen LogP contribution is 2.38. The zero-order valence-electron chi connectivity index (χ0n) is 14.1. The largest absolute Gasteiger partial charge is 0.274 e. The number of hydrogen-bond acceptors (Lipinski definition) is 4. The average Bonchev–Trinajstić information content (AvgIpc) is 2.61. The number of nitrogens with zero attached hydrogens (tertiary/aromatic N) is 4. The summed E-state index contributed by atoms with van der Waals surface area (Å²) in [5.41, 5.74) is 2.46. The molecule has 0 amide bonds. The summed E-state index contributed by atoms with van der Waals surface area (Å²) in [5.74, 6) is -1.46. The fourth-order valence-corrected chi connectivity index (χ4v) is 3.14. The Morgan fingerprint density at radius 3 is 2.56 bits per heavy atom. The van der Waals surface area contributed by atoms with E-state index in [1.807, 2.05) is 18.2 Å². The van der Waals surface area contributed by atoms with Gasteiger partial charge in [-0.2, -0.15) is 0 Å². The topological polar surface area (TPSA) is 51.0 Å². The lowest BCUT2D eigenvalue weighted by molar-refractivity contribution is 0.432. The number of hydrogen-bond donors (Lipinski definition) is 0. The van der Waals surface area contributed by atoms with E-state index in [2.05, 4.69) is 42.0 Å². The van der Waals surface area contributed by atoms with Crippen LogP contribution < -0.4 is 0 Å². The number of rotatable bonds is 1. The van der Waals surface area contributed by atoms with Crippen molar-refractivity contribution in [1.82, 2.24) is 15.2 Å². The standard InChI is InChI=1S/C19H16F2N4/c1-10-11-6-4-5-7-12(11)16(23-19(10,2)3)18-22-14-9-8-13(20)15(21)17(14)24-25-18/h4-10H,1-3H3. The Labute approximate surface area is 143 Å². The average molecular weight is 338 g/mol. The van der Waals surface area contributed by atoms with Gasteiger partial charge in [0.25, 0.3) is 0 Å². The summed E-state index contributed by atoms with van der Waals surface area (Å²) < 4.78 is 27.2. The van der Waals surface area contributed by atoms with Gasteiger partial charge < -0.3 is 0 Å². The van der Waals surface area contributed by atoms with Crippen LogP contribution in [0.15, 0.2) is 41.4 Å². The van der Waals surface area contributed by atoms with Crippen molar-refractivity contribution in [3.8, 4) is 0 Å². The zero-order chi connectivity index (χ0) is 17.8.